The van der Waals surface area contributed by atoms with Gasteiger partial charge in [0.1, 0.15) is 5.58 Å². The van der Waals surface area contributed by atoms with Crippen molar-refractivity contribution in [1.29, 1.82) is 0 Å². The molecule has 1 amide bonds. The smallest absolute Gasteiger partial charge is 0.231 e. The number of rotatable bonds is 9. The molecule has 0 spiro atoms. The number of nitrogens with one attached hydrogen (secondary N) is 2. The molecule has 2 aromatic rings. The SMILES string of the molecule is CC(=O)NC1=CC(=NCCNCCCCc2coc3cc4c(cc3c2=O)OCO4)CCC1. The van der Waals surface area contributed by atoms with E-state index >= 15 is 0 Å². The average molecular weight is 440 g/mol. The largest absolute Gasteiger partial charge is 0.464 e. The topological polar surface area (TPSA) is 102 Å². The quantitative estimate of drug-likeness (QED) is 0.582. The summed E-state index contributed by atoms with van der Waals surface area (Å²) in [7, 11) is 0. The van der Waals surface area contributed by atoms with Crippen molar-refractivity contribution in [3.05, 3.63) is 46.0 Å². The molecular weight excluding hydrogens is 410 g/mol. The number of ether oxygens (including phenoxy) is 2. The number of nitrogens with zero attached hydrogens (tertiary/aromatic N) is 1. The van der Waals surface area contributed by atoms with E-state index in [1.165, 1.54) is 6.92 Å². The second kappa shape index (κ2) is 10.5. The number of hydrogen-bond acceptors (Lipinski definition) is 7. The predicted molar refractivity (Wildman–Crippen MR) is 122 cm³/mol. The first-order chi connectivity index (χ1) is 15.6. The number of hydrogen-bond donors (Lipinski definition) is 2. The maximum atomic E-state index is 12.8. The predicted octanol–water partition coefficient (Wildman–Crippen LogP) is 3.08. The minimum absolute atomic E-state index is 0.00694. The molecule has 1 aromatic heterocycles. The fourth-order valence-corrected chi connectivity index (χ4v) is 3.96. The van der Waals surface area contributed by atoms with Crippen LogP contribution in [-0.2, 0) is 11.2 Å². The van der Waals surface area contributed by atoms with E-state index < -0.39 is 0 Å². The van der Waals surface area contributed by atoms with Crippen LogP contribution in [0.15, 0.2) is 44.4 Å². The molecule has 1 aromatic carbocycles. The van der Waals surface area contributed by atoms with E-state index in [0.29, 0.717) is 41.0 Å². The normalized spacial score (nSPS) is 16.4. The molecule has 0 atom stereocenters. The molecule has 32 heavy (non-hydrogen) atoms. The molecule has 0 unspecified atom stereocenters. The summed E-state index contributed by atoms with van der Waals surface area (Å²) in [5.41, 5.74) is 3.20. The number of amides is 1. The molecule has 4 rings (SSSR count). The Morgan fingerprint density at radius 3 is 2.81 bits per heavy atom. The van der Waals surface area contributed by atoms with Crippen LogP contribution in [0.5, 0.6) is 11.5 Å². The summed E-state index contributed by atoms with van der Waals surface area (Å²) in [4.78, 5) is 28.6. The maximum absolute atomic E-state index is 12.8. The van der Waals surface area contributed by atoms with Crippen LogP contribution in [0.1, 0.15) is 44.6 Å². The molecule has 1 aliphatic carbocycles. The van der Waals surface area contributed by atoms with Crippen molar-refractivity contribution >= 4 is 22.6 Å². The van der Waals surface area contributed by atoms with Gasteiger partial charge in [0.05, 0.1) is 18.2 Å². The molecule has 0 radical (unpaired) electrons. The van der Waals surface area contributed by atoms with Crippen LogP contribution < -0.4 is 25.5 Å². The molecule has 1 aliphatic heterocycles. The monoisotopic (exact) mass is 439 g/mol. The molecule has 0 bridgehead atoms. The van der Waals surface area contributed by atoms with Crippen molar-refractivity contribution in [2.45, 2.75) is 45.4 Å². The summed E-state index contributed by atoms with van der Waals surface area (Å²) in [6.07, 6.45) is 8.96. The minimum Gasteiger partial charge on any atom is -0.464 e. The molecule has 2 N–H and O–H groups in total. The van der Waals surface area contributed by atoms with Crippen LogP contribution in [0, 0.1) is 0 Å². The Balaban J connectivity index is 1.18. The van der Waals surface area contributed by atoms with Gasteiger partial charge < -0.3 is 24.5 Å². The molecule has 8 nitrogen and oxygen atoms in total. The van der Waals surface area contributed by atoms with Gasteiger partial charge in [0.25, 0.3) is 0 Å². The number of aliphatic imine (C=N–C) groups is 1. The highest BCUT2D eigenvalue weighted by Crippen LogP contribution is 2.35. The maximum Gasteiger partial charge on any atom is 0.231 e. The van der Waals surface area contributed by atoms with Crippen molar-refractivity contribution in [3.63, 3.8) is 0 Å². The summed E-state index contributed by atoms with van der Waals surface area (Å²) in [6, 6.07) is 3.41. The number of allylic oxidation sites excluding steroid dienone is 2. The van der Waals surface area contributed by atoms with Crippen molar-refractivity contribution in [3.8, 4) is 11.5 Å². The van der Waals surface area contributed by atoms with Gasteiger partial charge >= 0.3 is 0 Å². The first-order valence-electron chi connectivity index (χ1n) is 11.2. The Kier molecular flexibility index (Phi) is 7.21. The van der Waals surface area contributed by atoms with Crippen molar-refractivity contribution in [1.82, 2.24) is 10.6 Å². The van der Waals surface area contributed by atoms with Gasteiger partial charge in [-0.2, -0.15) is 0 Å². The van der Waals surface area contributed by atoms with Crippen molar-refractivity contribution in [2.75, 3.05) is 26.4 Å². The standard InChI is InChI=1S/C24H29N3O5/c1-16(28)27-19-7-4-6-18(11-19)26-10-9-25-8-3-2-5-17-14-30-21-13-23-22(31-15-32-23)12-20(21)24(17)29/h11-14,25H,2-10,15H2,1H3,(H,27,28). The van der Waals surface area contributed by atoms with Crippen LogP contribution in [0.25, 0.3) is 11.0 Å². The first-order valence-corrected chi connectivity index (χ1v) is 11.2. The summed E-state index contributed by atoms with van der Waals surface area (Å²) < 4.78 is 16.3. The van der Waals surface area contributed by atoms with Gasteiger partial charge in [0.2, 0.25) is 12.7 Å². The number of aryl methyl sites for hydroxylation is 1. The van der Waals surface area contributed by atoms with Gasteiger partial charge in [-0.3, -0.25) is 14.6 Å². The molecule has 0 saturated heterocycles. The van der Waals surface area contributed by atoms with E-state index in [9.17, 15) is 9.59 Å². The molecule has 8 heteroatoms. The van der Waals surface area contributed by atoms with Crippen LogP contribution in [0.3, 0.4) is 0 Å². The zero-order valence-electron chi connectivity index (χ0n) is 18.4. The minimum atomic E-state index is -0.0345. The second-order valence-electron chi connectivity index (χ2n) is 8.08. The lowest BCUT2D eigenvalue weighted by atomic mass is 10.0. The third-order valence-electron chi connectivity index (χ3n) is 5.55. The fraction of sp³-hybridized carbons (Fsp3) is 0.458. The van der Waals surface area contributed by atoms with E-state index in [1.807, 2.05) is 6.08 Å². The zero-order valence-corrected chi connectivity index (χ0v) is 18.4. The Hall–Kier alpha value is -3.13. The molecule has 170 valence electrons. The third kappa shape index (κ3) is 5.56. The highest BCUT2D eigenvalue weighted by Gasteiger charge is 2.17. The first kappa shape index (κ1) is 22.1. The van der Waals surface area contributed by atoms with Crippen LogP contribution in [0.2, 0.25) is 0 Å². The second-order valence-corrected chi connectivity index (χ2v) is 8.08. The van der Waals surface area contributed by atoms with Gasteiger partial charge in [-0.15, -0.1) is 0 Å². The average Bonchev–Trinajstić information content (AvgIpc) is 3.23. The van der Waals surface area contributed by atoms with E-state index in [-0.39, 0.29) is 18.1 Å². The number of carbonyl (C=O) groups excluding carboxylic acids is 1. The highest BCUT2D eigenvalue weighted by molar-refractivity contribution is 5.96. The lowest BCUT2D eigenvalue weighted by Gasteiger charge is -2.14. The van der Waals surface area contributed by atoms with Crippen LogP contribution in [0.4, 0.5) is 0 Å². The summed E-state index contributed by atoms with van der Waals surface area (Å²) in [6.45, 7) is 4.08. The molecule has 0 saturated carbocycles. The lowest BCUT2D eigenvalue weighted by molar-refractivity contribution is -0.118. The van der Waals surface area contributed by atoms with Crippen LogP contribution >= 0.6 is 0 Å². The number of benzene rings is 1. The van der Waals surface area contributed by atoms with Gasteiger partial charge in [0.15, 0.2) is 16.9 Å². The fourth-order valence-electron chi connectivity index (χ4n) is 3.96. The molecular formula is C24H29N3O5. The molecule has 0 fully saturated rings. The van der Waals surface area contributed by atoms with E-state index in [1.54, 1.807) is 18.4 Å². The Morgan fingerprint density at radius 2 is 1.97 bits per heavy atom. The Labute approximate surface area is 186 Å². The van der Waals surface area contributed by atoms with E-state index in [4.69, 9.17) is 13.9 Å². The van der Waals surface area contributed by atoms with Gasteiger partial charge in [-0.1, -0.05) is 0 Å². The molecule has 2 heterocycles. The molecule has 2 aliphatic rings. The zero-order chi connectivity index (χ0) is 22.3. The Bertz CT molecular complexity index is 1100. The van der Waals surface area contributed by atoms with E-state index in [2.05, 4.69) is 15.6 Å². The van der Waals surface area contributed by atoms with Crippen molar-refractivity contribution in [2.24, 2.45) is 4.99 Å². The van der Waals surface area contributed by atoms with Gasteiger partial charge in [0, 0.05) is 36.5 Å². The van der Waals surface area contributed by atoms with Crippen LogP contribution in [-0.4, -0.2) is 38.0 Å². The van der Waals surface area contributed by atoms with E-state index in [0.717, 1.165) is 56.6 Å². The summed E-state index contributed by atoms with van der Waals surface area (Å²) in [5.74, 6) is 1.16. The highest BCUT2D eigenvalue weighted by atomic mass is 16.7. The van der Waals surface area contributed by atoms with Gasteiger partial charge in [-0.05, 0) is 57.2 Å². The summed E-state index contributed by atoms with van der Waals surface area (Å²) >= 11 is 0. The Morgan fingerprint density at radius 1 is 1.12 bits per heavy atom. The number of carbonyl (C=O) groups is 1. The van der Waals surface area contributed by atoms with Crippen molar-refractivity contribution < 1.29 is 18.7 Å². The van der Waals surface area contributed by atoms with Gasteiger partial charge in [-0.25, -0.2) is 0 Å². The summed E-state index contributed by atoms with van der Waals surface area (Å²) in [5, 5.41) is 6.79. The third-order valence-corrected chi connectivity index (χ3v) is 5.55. The number of fused-ring (bicyclic) bond motifs is 2. The number of unbranched alkanes of at least 4 members (excludes halogenated alkanes) is 1. The lowest BCUT2D eigenvalue weighted by Crippen LogP contribution is -2.23.